The first-order valence-corrected chi connectivity index (χ1v) is 15.0. The van der Waals surface area contributed by atoms with E-state index in [1.807, 2.05) is 90.1 Å². The predicted octanol–water partition coefficient (Wildman–Crippen LogP) is 7.31. The number of benzene rings is 3. The highest BCUT2D eigenvalue weighted by atomic mass is 35.5. The molecule has 1 amide bonds. The van der Waals surface area contributed by atoms with Gasteiger partial charge >= 0.3 is 0 Å². The number of carbonyl (C=O) groups is 2. The summed E-state index contributed by atoms with van der Waals surface area (Å²) in [5.41, 5.74) is 6.89. The monoisotopic (exact) mass is 581 g/mol. The first-order valence-electron chi connectivity index (χ1n) is 13.5. The molecule has 0 saturated heterocycles. The van der Waals surface area contributed by atoms with Crippen LogP contribution in [0.1, 0.15) is 43.6 Å². The number of hydrogen-bond acceptors (Lipinski definition) is 4. The van der Waals surface area contributed by atoms with Gasteiger partial charge < -0.3 is 19.1 Å². The molecule has 1 aliphatic rings. The SMILES string of the molecule is Cc1csc2c(O)cc3c(c12)[C@@H](CCl)CN3C(=O)c1cc2cc(CC(=O)c3cc4ccccc4n3C)ccc2n1C. The molecule has 6 aromatic rings. The Morgan fingerprint density at radius 3 is 2.49 bits per heavy atom. The molecule has 0 unspecified atom stereocenters. The quantitative estimate of drug-likeness (QED) is 0.171. The van der Waals surface area contributed by atoms with Gasteiger partial charge in [-0.15, -0.1) is 22.9 Å². The van der Waals surface area contributed by atoms with Crippen molar-refractivity contribution in [3.05, 3.63) is 94.1 Å². The first-order chi connectivity index (χ1) is 19.8. The lowest BCUT2D eigenvalue weighted by Gasteiger charge is -2.18. The molecule has 206 valence electrons. The van der Waals surface area contributed by atoms with Gasteiger partial charge in [-0.3, -0.25) is 9.59 Å². The van der Waals surface area contributed by atoms with Crippen molar-refractivity contribution in [1.82, 2.24) is 9.13 Å². The molecule has 4 heterocycles. The summed E-state index contributed by atoms with van der Waals surface area (Å²) in [5.74, 6) is 0.453. The molecule has 8 heteroatoms. The Hall–Kier alpha value is -4.07. The average molecular weight is 582 g/mol. The zero-order valence-corrected chi connectivity index (χ0v) is 24.5. The molecule has 0 radical (unpaired) electrons. The number of aryl methyl sites for hydroxylation is 3. The van der Waals surface area contributed by atoms with E-state index < -0.39 is 0 Å². The van der Waals surface area contributed by atoms with Crippen LogP contribution in [0.5, 0.6) is 5.75 Å². The smallest absolute Gasteiger partial charge is 0.274 e. The Balaban J connectivity index is 1.22. The average Bonchev–Trinajstić information content (AvgIpc) is 3.71. The fourth-order valence-corrected chi connectivity index (χ4v) is 7.65. The molecule has 1 atom stereocenters. The summed E-state index contributed by atoms with van der Waals surface area (Å²) in [4.78, 5) is 29.1. The third-order valence-electron chi connectivity index (χ3n) is 8.49. The number of halogens is 1. The fourth-order valence-electron chi connectivity index (χ4n) is 6.42. The number of aromatic nitrogens is 2. The largest absolute Gasteiger partial charge is 0.506 e. The van der Waals surface area contributed by atoms with Crippen molar-refractivity contribution >= 4 is 72.2 Å². The maximum absolute atomic E-state index is 14.0. The number of ketones is 1. The normalized spacial score (nSPS) is 14.9. The minimum atomic E-state index is -0.141. The Bertz CT molecular complexity index is 2050. The summed E-state index contributed by atoms with van der Waals surface area (Å²) in [6.45, 7) is 2.48. The van der Waals surface area contributed by atoms with Gasteiger partial charge in [-0.25, -0.2) is 0 Å². The number of fused-ring (bicyclic) bond motifs is 5. The number of Topliss-reactive ketones (excluding diaryl/α,β-unsaturated/α-hetero) is 1. The van der Waals surface area contributed by atoms with Crippen molar-refractivity contribution in [2.45, 2.75) is 19.3 Å². The van der Waals surface area contributed by atoms with Crippen molar-refractivity contribution in [2.75, 3.05) is 17.3 Å². The summed E-state index contributed by atoms with van der Waals surface area (Å²) < 4.78 is 4.68. The van der Waals surface area contributed by atoms with E-state index in [2.05, 4.69) is 0 Å². The molecular weight excluding hydrogens is 554 g/mol. The fraction of sp³-hybridized carbons (Fsp3) is 0.212. The van der Waals surface area contributed by atoms with Gasteiger partial charge in [0.25, 0.3) is 5.91 Å². The van der Waals surface area contributed by atoms with Crippen LogP contribution in [-0.2, 0) is 20.5 Å². The van der Waals surface area contributed by atoms with Crippen LogP contribution in [0.15, 0.2) is 66.0 Å². The van der Waals surface area contributed by atoms with Crippen LogP contribution < -0.4 is 4.90 Å². The number of hydrogen-bond donors (Lipinski definition) is 1. The topological polar surface area (TPSA) is 67.5 Å². The maximum atomic E-state index is 14.0. The van der Waals surface area contributed by atoms with E-state index in [9.17, 15) is 14.7 Å². The molecule has 0 aliphatic carbocycles. The summed E-state index contributed by atoms with van der Waals surface area (Å²) >= 11 is 7.92. The van der Waals surface area contributed by atoms with Gasteiger partial charge in [0.2, 0.25) is 0 Å². The minimum Gasteiger partial charge on any atom is -0.506 e. The number of anilines is 1. The van der Waals surface area contributed by atoms with Crippen molar-refractivity contribution in [3.8, 4) is 5.75 Å². The second-order valence-corrected chi connectivity index (χ2v) is 12.1. The molecule has 3 aromatic carbocycles. The summed E-state index contributed by atoms with van der Waals surface area (Å²) in [5, 5.41) is 15.8. The molecule has 6 nitrogen and oxygen atoms in total. The van der Waals surface area contributed by atoms with E-state index in [1.165, 1.54) is 11.3 Å². The first kappa shape index (κ1) is 25.9. The van der Waals surface area contributed by atoms with Gasteiger partial charge in [-0.05, 0) is 59.3 Å². The molecule has 0 bridgehead atoms. The van der Waals surface area contributed by atoms with Gasteiger partial charge in [0, 0.05) is 72.1 Å². The van der Waals surface area contributed by atoms with Crippen LogP contribution in [0.4, 0.5) is 5.69 Å². The van der Waals surface area contributed by atoms with Crippen LogP contribution in [0, 0.1) is 6.92 Å². The minimum absolute atomic E-state index is 0.0199. The third-order valence-corrected chi connectivity index (χ3v) is 9.98. The lowest BCUT2D eigenvalue weighted by Crippen LogP contribution is -2.31. The molecule has 0 saturated carbocycles. The highest BCUT2D eigenvalue weighted by Crippen LogP contribution is 2.48. The van der Waals surface area contributed by atoms with E-state index in [0.717, 1.165) is 54.3 Å². The molecule has 1 aliphatic heterocycles. The van der Waals surface area contributed by atoms with Crippen LogP contribution in [-0.4, -0.2) is 38.4 Å². The van der Waals surface area contributed by atoms with E-state index in [-0.39, 0.29) is 29.8 Å². The van der Waals surface area contributed by atoms with Gasteiger partial charge in [0.05, 0.1) is 16.1 Å². The second kappa shape index (κ2) is 9.50. The molecule has 3 aromatic heterocycles. The van der Waals surface area contributed by atoms with Gasteiger partial charge in [0.15, 0.2) is 5.78 Å². The number of aromatic hydroxyl groups is 1. The number of nitrogens with zero attached hydrogens (tertiary/aromatic N) is 3. The zero-order chi connectivity index (χ0) is 28.6. The maximum Gasteiger partial charge on any atom is 0.274 e. The van der Waals surface area contributed by atoms with Gasteiger partial charge in [0.1, 0.15) is 11.4 Å². The molecular formula is C33H28ClN3O3S. The van der Waals surface area contributed by atoms with Gasteiger partial charge in [-0.1, -0.05) is 24.3 Å². The van der Waals surface area contributed by atoms with E-state index in [0.29, 0.717) is 23.8 Å². The molecule has 0 spiro atoms. The molecule has 0 fully saturated rings. The van der Waals surface area contributed by atoms with Crippen LogP contribution in [0.3, 0.4) is 0 Å². The number of para-hydroxylation sites is 1. The summed E-state index contributed by atoms with van der Waals surface area (Å²) in [6.07, 6.45) is 0.268. The van der Waals surface area contributed by atoms with Crippen molar-refractivity contribution in [3.63, 3.8) is 0 Å². The van der Waals surface area contributed by atoms with Crippen molar-refractivity contribution in [2.24, 2.45) is 14.1 Å². The third kappa shape index (κ3) is 3.90. The standard InChI is InChI=1S/C33H28ClN3O3S/c1-18-17-41-32-29(39)14-26-31(30(18)32)22(15-34)16-37(26)33(40)27-13-21-10-19(8-9-24(21)36(27)3)11-28(38)25-12-20-6-4-5-7-23(20)35(25)2/h4-10,12-14,17,22,39H,11,15-16H2,1-3H3/t22-/m0/s1. The van der Waals surface area contributed by atoms with Crippen LogP contribution >= 0.6 is 22.9 Å². The number of phenolic OH excluding ortho intramolecular Hbond substituents is 1. The number of amides is 1. The van der Waals surface area contributed by atoms with E-state index in [4.69, 9.17) is 11.6 Å². The Labute approximate surface area is 246 Å². The van der Waals surface area contributed by atoms with Crippen molar-refractivity contribution in [1.29, 1.82) is 0 Å². The Kier molecular flexibility index (Phi) is 5.99. The highest BCUT2D eigenvalue weighted by Gasteiger charge is 2.36. The number of rotatable bonds is 5. The second-order valence-electron chi connectivity index (χ2n) is 10.9. The molecule has 7 rings (SSSR count). The molecule has 41 heavy (non-hydrogen) atoms. The van der Waals surface area contributed by atoms with E-state index in [1.54, 1.807) is 11.0 Å². The van der Waals surface area contributed by atoms with Gasteiger partial charge in [-0.2, -0.15) is 0 Å². The Morgan fingerprint density at radius 2 is 1.71 bits per heavy atom. The van der Waals surface area contributed by atoms with Crippen LogP contribution in [0.25, 0.3) is 31.9 Å². The molecule has 1 N–H and O–H groups in total. The number of thiophene rings is 1. The number of carbonyl (C=O) groups excluding carboxylic acids is 2. The Morgan fingerprint density at radius 1 is 0.976 bits per heavy atom. The lowest BCUT2D eigenvalue weighted by atomic mass is 9.97. The summed E-state index contributed by atoms with van der Waals surface area (Å²) in [6, 6.07) is 19.4. The zero-order valence-electron chi connectivity index (χ0n) is 22.9. The van der Waals surface area contributed by atoms with E-state index >= 15 is 0 Å². The summed E-state index contributed by atoms with van der Waals surface area (Å²) in [7, 11) is 3.80. The predicted molar refractivity (Wildman–Crippen MR) is 167 cm³/mol. The number of phenols is 1. The highest BCUT2D eigenvalue weighted by molar-refractivity contribution is 7.17. The van der Waals surface area contributed by atoms with Crippen molar-refractivity contribution < 1.29 is 14.7 Å². The lowest BCUT2D eigenvalue weighted by molar-refractivity contribution is 0.0975. The van der Waals surface area contributed by atoms with Crippen LogP contribution in [0.2, 0.25) is 0 Å². The number of alkyl halides is 1.